The zero-order valence-corrected chi connectivity index (χ0v) is 10.7. The minimum absolute atomic E-state index is 0.609. The molecule has 0 amide bonds. The molecule has 2 aromatic rings. The van der Waals surface area contributed by atoms with E-state index < -0.39 is 0 Å². The first kappa shape index (κ1) is 12.4. The van der Waals surface area contributed by atoms with E-state index in [0.717, 1.165) is 26.9 Å². The Bertz CT molecular complexity index is 490. The van der Waals surface area contributed by atoms with Gasteiger partial charge in [-0.3, -0.25) is 0 Å². The van der Waals surface area contributed by atoms with Crippen molar-refractivity contribution in [2.75, 3.05) is 6.54 Å². The van der Waals surface area contributed by atoms with E-state index in [1.165, 1.54) is 6.33 Å². The van der Waals surface area contributed by atoms with Crippen molar-refractivity contribution in [1.82, 2.24) is 9.97 Å². The maximum atomic E-state index is 6.21. The van der Waals surface area contributed by atoms with Crippen molar-refractivity contribution >= 4 is 23.4 Å². The van der Waals surface area contributed by atoms with Gasteiger partial charge in [-0.1, -0.05) is 35.5 Å². The predicted molar refractivity (Wildman–Crippen MR) is 70.4 cm³/mol. The van der Waals surface area contributed by atoms with Crippen LogP contribution in [0.1, 0.15) is 5.56 Å². The molecule has 0 bridgehead atoms. The van der Waals surface area contributed by atoms with E-state index in [4.69, 9.17) is 17.3 Å². The molecule has 2 rings (SSSR count). The molecule has 0 spiro atoms. The summed E-state index contributed by atoms with van der Waals surface area (Å²) >= 11 is 7.75. The number of nitrogens with two attached hydrogens (primary N) is 1. The van der Waals surface area contributed by atoms with E-state index in [9.17, 15) is 0 Å². The molecule has 0 fully saturated rings. The lowest BCUT2D eigenvalue weighted by Gasteiger charge is -2.09. The van der Waals surface area contributed by atoms with E-state index >= 15 is 0 Å². The van der Waals surface area contributed by atoms with Crippen LogP contribution >= 0.6 is 23.4 Å². The Kier molecular flexibility index (Phi) is 4.36. The first-order valence-corrected chi connectivity index (χ1v) is 6.42. The molecule has 0 unspecified atom stereocenters. The largest absolute Gasteiger partial charge is 0.330 e. The summed E-state index contributed by atoms with van der Waals surface area (Å²) in [5.41, 5.74) is 6.75. The van der Waals surface area contributed by atoms with Crippen molar-refractivity contribution in [3.05, 3.63) is 47.4 Å². The van der Waals surface area contributed by atoms with Crippen LogP contribution < -0.4 is 5.73 Å². The third kappa shape index (κ3) is 3.19. The third-order valence-corrected chi connectivity index (χ3v) is 3.79. The SMILES string of the molecule is NCCc1cccc(Cl)c1Sc1ccncn1. The molecule has 1 aromatic carbocycles. The van der Waals surface area contributed by atoms with Gasteiger partial charge >= 0.3 is 0 Å². The van der Waals surface area contributed by atoms with Crippen molar-refractivity contribution in [3.63, 3.8) is 0 Å². The Labute approximate surface area is 109 Å². The molecule has 88 valence electrons. The molecule has 17 heavy (non-hydrogen) atoms. The lowest BCUT2D eigenvalue weighted by atomic mass is 10.1. The van der Waals surface area contributed by atoms with Crippen LogP contribution in [0.3, 0.4) is 0 Å². The van der Waals surface area contributed by atoms with Crippen molar-refractivity contribution in [1.29, 1.82) is 0 Å². The number of hydrogen-bond acceptors (Lipinski definition) is 4. The van der Waals surface area contributed by atoms with Crippen LogP contribution in [0.2, 0.25) is 5.02 Å². The Morgan fingerprint density at radius 3 is 2.88 bits per heavy atom. The van der Waals surface area contributed by atoms with Gasteiger partial charge in [-0.2, -0.15) is 0 Å². The molecular weight excluding hydrogens is 254 g/mol. The first-order chi connectivity index (χ1) is 8.31. The number of nitrogens with zero attached hydrogens (tertiary/aromatic N) is 2. The fourth-order valence-electron chi connectivity index (χ4n) is 1.46. The fourth-order valence-corrected chi connectivity index (χ4v) is 2.68. The Morgan fingerprint density at radius 2 is 2.18 bits per heavy atom. The summed E-state index contributed by atoms with van der Waals surface area (Å²) in [6.45, 7) is 0.609. The number of halogens is 1. The van der Waals surface area contributed by atoms with Gasteiger partial charge in [0, 0.05) is 11.1 Å². The van der Waals surface area contributed by atoms with Crippen LogP contribution in [0.15, 0.2) is 46.7 Å². The maximum Gasteiger partial charge on any atom is 0.116 e. The van der Waals surface area contributed by atoms with Crippen LogP contribution in [0, 0.1) is 0 Å². The highest BCUT2D eigenvalue weighted by Gasteiger charge is 2.08. The van der Waals surface area contributed by atoms with E-state index in [0.29, 0.717) is 6.54 Å². The number of rotatable bonds is 4. The van der Waals surface area contributed by atoms with Gasteiger partial charge in [0.15, 0.2) is 0 Å². The van der Waals surface area contributed by atoms with Gasteiger partial charge in [-0.15, -0.1) is 0 Å². The quantitative estimate of drug-likeness (QED) is 0.864. The molecule has 5 heteroatoms. The van der Waals surface area contributed by atoms with E-state index in [2.05, 4.69) is 9.97 Å². The molecule has 1 heterocycles. The Morgan fingerprint density at radius 1 is 1.29 bits per heavy atom. The van der Waals surface area contributed by atoms with Gasteiger partial charge < -0.3 is 5.73 Å². The van der Waals surface area contributed by atoms with Crippen molar-refractivity contribution < 1.29 is 0 Å². The summed E-state index contributed by atoms with van der Waals surface area (Å²) in [5, 5.41) is 1.62. The number of aromatic nitrogens is 2. The van der Waals surface area contributed by atoms with Gasteiger partial charge in [0.2, 0.25) is 0 Å². The van der Waals surface area contributed by atoms with Crippen molar-refractivity contribution in [2.45, 2.75) is 16.3 Å². The minimum atomic E-state index is 0.609. The number of hydrogen-bond donors (Lipinski definition) is 1. The lowest BCUT2D eigenvalue weighted by molar-refractivity contribution is 0.943. The Hall–Kier alpha value is -1.10. The molecule has 1 aromatic heterocycles. The van der Waals surface area contributed by atoms with Crippen molar-refractivity contribution in [2.24, 2.45) is 5.73 Å². The molecule has 0 aliphatic rings. The molecular formula is C12H12ClN3S. The zero-order chi connectivity index (χ0) is 12.1. The van der Waals surface area contributed by atoms with Crippen LogP contribution in [0.5, 0.6) is 0 Å². The van der Waals surface area contributed by atoms with Crippen LogP contribution in [0.4, 0.5) is 0 Å². The minimum Gasteiger partial charge on any atom is -0.330 e. The molecule has 0 saturated carbocycles. The number of benzene rings is 1. The average molecular weight is 266 g/mol. The maximum absolute atomic E-state index is 6.21. The van der Waals surface area contributed by atoms with E-state index in [-0.39, 0.29) is 0 Å². The van der Waals surface area contributed by atoms with Gasteiger partial charge in [-0.25, -0.2) is 9.97 Å². The Balaban J connectivity index is 2.31. The highest BCUT2D eigenvalue weighted by molar-refractivity contribution is 7.99. The highest BCUT2D eigenvalue weighted by atomic mass is 35.5. The second-order valence-corrected chi connectivity index (χ2v) is 4.85. The van der Waals surface area contributed by atoms with E-state index in [1.807, 2.05) is 24.3 Å². The summed E-state index contributed by atoms with van der Waals surface area (Å²) in [5.74, 6) is 0. The second kappa shape index (κ2) is 6.00. The predicted octanol–water partition coefficient (Wildman–Crippen LogP) is 2.78. The van der Waals surface area contributed by atoms with Crippen LogP contribution in [0.25, 0.3) is 0 Å². The fraction of sp³-hybridized carbons (Fsp3) is 0.167. The topological polar surface area (TPSA) is 51.8 Å². The summed E-state index contributed by atoms with van der Waals surface area (Å²) in [6, 6.07) is 7.73. The smallest absolute Gasteiger partial charge is 0.116 e. The zero-order valence-electron chi connectivity index (χ0n) is 9.14. The van der Waals surface area contributed by atoms with Gasteiger partial charge in [0.1, 0.15) is 11.4 Å². The van der Waals surface area contributed by atoms with Gasteiger partial charge in [0.05, 0.1) is 5.02 Å². The summed E-state index contributed by atoms with van der Waals surface area (Å²) in [6.07, 6.45) is 4.06. The monoisotopic (exact) mass is 265 g/mol. The summed E-state index contributed by atoms with van der Waals surface area (Å²) in [7, 11) is 0. The molecule has 2 N–H and O–H groups in total. The normalized spacial score (nSPS) is 10.5. The molecule has 0 saturated heterocycles. The third-order valence-electron chi connectivity index (χ3n) is 2.22. The second-order valence-electron chi connectivity index (χ2n) is 3.42. The molecule has 0 aliphatic heterocycles. The van der Waals surface area contributed by atoms with E-state index in [1.54, 1.807) is 18.0 Å². The molecule has 3 nitrogen and oxygen atoms in total. The summed E-state index contributed by atoms with van der Waals surface area (Å²) in [4.78, 5) is 9.10. The molecule has 0 radical (unpaired) electrons. The van der Waals surface area contributed by atoms with Gasteiger partial charge in [-0.05, 0) is 30.7 Å². The lowest BCUT2D eigenvalue weighted by Crippen LogP contribution is -2.03. The highest BCUT2D eigenvalue weighted by Crippen LogP contribution is 2.34. The van der Waals surface area contributed by atoms with Crippen LogP contribution in [-0.4, -0.2) is 16.5 Å². The summed E-state index contributed by atoms with van der Waals surface area (Å²) < 4.78 is 0. The first-order valence-electron chi connectivity index (χ1n) is 5.22. The van der Waals surface area contributed by atoms with Crippen LogP contribution in [-0.2, 0) is 6.42 Å². The average Bonchev–Trinajstić information content (AvgIpc) is 2.35. The molecule has 0 aliphatic carbocycles. The molecule has 0 atom stereocenters. The van der Waals surface area contributed by atoms with Gasteiger partial charge in [0.25, 0.3) is 0 Å². The standard InChI is InChI=1S/C12H12ClN3S/c13-10-3-1-2-9(4-6-14)12(10)17-11-5-7-15-8-16-11/h1-3,5,7-8H,4,6,14H2. The van der Waals surface area contributed by atoms with Crippen molar-refractivity contribution in [3.8, 4) is 0 Å².